The smallest absolute Gasteiger partial charge is 0.169 e. The van der Waals surface area contributed by atoms with E-state index in [2.05, 4.69) is 22.4 Å². The van der Waals surface area contributed by atoms with Crippen molar-refractivity contribution < 1.29 is 9.47 Å². The molecular weight excluding hydrogens is 252 g/mol. The SMILES string of the molecule is CCOC(CNCc1cccc2ncccc12)OCC. The van der Waals surface area contributed by atoms with Crippen molar-refractivity contribution in [2.24, 2.45) is 0 Å². The van der Waals surface area contributed by atoms with Crippen LogP contribution in [0.5, 0.6) is 0 Å². The predicted octanol–water partition coefficient (Wildman–Crippen LogP) is 2.72. The Kier molecular flexibility index (Phi) is 5.92. The molecule has 108 valence electrons. The lowest BCUT2D eigenvalue weighted by Gasteiger charge is -2.17. The van der Waals surface area contributed by atoms with Crippen molar-refractivity contribution in [2.45, 2.75) is 26.7 Å². The number of hydrogen-bond donors (Lipinski definition) is 1. The molecule has 1 aromatic carbocycles. The van der Waals surface area contributed by atoms with Crippen LogP contribution in [0.15, 0.2) is 36.5 Å². The summed E-state index contributed by atoms with van der Waals surface area (Å²) < 4.78 is 11.0. The van der Waals surface area contributed by atoms with Gasteiger partial charge in [0.15, 0.2) is 6.29 Å². The van der Waals surface area contributed by atoms with Crippen LogP contribution in [0.25, 0.3) is 10.9 Å². The molecule has 0 aliphatic rings. The Morgan fingerprint density at radius 3 is 2.65 bits per heavy atom. The molecule has 0 atom stereocenters. The molecule has 4 heteroatoms. The van der Waals surface area contributed by atoms with E-state index in [0.717, 1.165) is 12.1 Å². The van der Waals surface area contributed by atoms with Crippen LogP contribution < -0.4 is 5.32 Å². The highest BCUT2D eigenvalue weighted by Crippen LogP contribution is 2.16. The summed E-state index contributed by atoms with van der Waals surface area (Å²) in [6.07, 6.45) is 1.64. The zero-order valence-corrected chi connectivity index (χ0v) is 12.1. The zero-order valence-electron chi connectivity index (χ0n) is 12.1. The fourth-order valence-corrected chi connectivity index (χ4v) is 2.18. The number of nitrogens with one attached hydrogen (secondary N) is 1. The Balaban J connectivity index is 1.95. The lowest BCUT2D eigenvalue weighted by Crippen LogP contribution is -2.31. The van der Waals surface area contributed by atoms with Crippen LogP contribution in [0.1, 0.15) is 19.4 Å². The van der Waals surface area contributed by atoms with Crippen LogP contribution in [0.4, 0.5) is 0 Å². The van der Waals surface area contributed by atoms with Gasteiger partial charge in [0.05, 0.1) is 5.52 Å². The monoisotopic (exact) mass is 274 g/mol. The van der Waals surface area contributed by atoms with E-state index >= 15 is 0 Å². The van der Waals surface area contributed by atoms with Crippen LogP contribution in [0.2, 0.25) is 0 Å². The number of benzene rings is 1. The Labute approximate surface area is 120 Å². The van der Waals surface area contributed by atoms with E-state index in [-0.39, 0.29) is 6.29 Å². The van der Waals surface area contributed by atoms with Crippen LogP contribution in [-0.2, 0) is 16.0 Å². The van der Waals surface area contributed by atoms with Crippen molar-refractivity contribution >= 4 is 10.9 Å². The van der Waals surface area contributed by atoms with Gasteiger partial charge < -0.3 is 14.8 Å². The highest BCUT2D eigenvalue weighted by atomic mass is 16.7. The van der Waals surface area contributed by atoms with Crippen molar-refractivity contribution in [3.63, 3.8) is 0 Å². The minimum absolute atomic E-state index is 0.182. The summed E-state index contributed by atoms with van der Waals surface area (Å²) >= 11 is 0. The van der Waals surface area contributed by atoms with Crippen LogP contribution in [-0.4, -0.2) is 31.0 Å². The van der Waals surface area contributed by atoms with E-state index in [4.69, 9.17) is 9.47 Å². The molecule has 4 nitrogen and oxygen atoms in total. The van der Waals surface area contributed by atoms with Gasteiger partial charge in [0.25, 0.3) is 0 Å². The van der Waals surface area contributed by atoms with Crippen LogP contribution in [0, 0.1) is 0 Å². The predicted molar refractivity (Wildman–Crippen MR) is 80.5 cm³/mol. The summed E-state index contributed by atoms with van der Waals surface area (Å²) in [5.74, 6) is 0. The third-order valence-corrected chi connectivity index (χ3v) is 3.07. The fourth-order valence-electron chi connectivity index (χ4n) is 2.18. The molecule has 0 spiro atoms. The number of rotatable bonds is 8. The molecule has 0 radical (unpaired) electrons. The molecule has 1 N–H and O–H groups in total. The van der Waals surface area contributed by atoms with E-state index in [0.29, 0.717) is 19.8 Å². The summed E-state index contributed by atoms with van der Waals surface area (Å²) in [5.41, 5.74) is 2.26. The molecule has 0 amide bonds. The zero-order chi connectivity index (χ0) is 14.2. The number of aromatic nitrogens is 1. The summed E-state index contributed by atoms with van der Waals surface area (Å²) in [5, 5.41) is 4.57. The first-order chi connectivity index (χ1) is 9.85. The average Bonchev–Trinajstić information content (AvgIpc) is 2.48. The first-order valence-electron chi connectivity index (χ1n) is 7.11. The molecule has 20 heavy (non-hydrogen) atoms. The minimum Gasteiger partial charge on any atom is -0.352 e. The van der Waals surface area contributed by atoms with Gasteiger partial charge in [-0.25, -0.2) is 0 Å². The summed E-state index contributed by atoms with van der Waals surface area (Å²) in [6, 6.07) is 10.3. The number of ether oxygens (including phenoxy) is 2. The van der Waals surface area contributed by atoms with Crippen LogP contribution >= 0.6 is 0 Å². The Hall–Kier alpha value is -1.49. The van der Waals surface area contributed by atoms with Crippen molar-refractivity contribution in [1.29, 1.82) is 0 Å². The van der Waals surface area contributed by atoms with Gasteiger partial charge in [-0.3, -0.25) is 4.98 Å². The van der Waals surface area contributed by atoms with Gasteiger partial charge in [-0.1, -0.05) is 18.2 Å². The fraction of sp³-hybridized carbons (Fsp3) is 0.438. The van der Waals surface area contributed by atoms with E-state index in [9.17, 15) is 0 Å². The Morgan fingerprint density at radius 2 is 1.90 bits per heavy atom. The molecule has 0 aliphatic heterocycles. The first-order valence-corrected chi connectivity index (χ1v) is 7.11. The second-order valence-electron chi connectivity index (χ2n) is 4.46. The van der Waals surface area contributed by atoms with Gasteiger partial charge in [-0.2, -0.15) is 0 Å². The van der Waals surface area contributed by atoms with E-state index < -0.39 is 0 Å². The maximum absolute atomic E-state index is 5.51. The number of nitrogens with zero attached hydrogens (tertiary/aromatic N) is 1. The molecule has 1 aromatic heterocycles. The average molecular weight is 274 g/mol. The van der Waals surface area contributed by atoms with Gasteiger partial charge in [-0.05, 0) is 31.5 Å². The van der Waals surface area contributed by atoms with Gasteiger partial charge >= 0.3 is 0 Å². The molecule has 2 aromatic rings. The highest BCUT2D eigenvalue weighted by Gasteiger charge is 2.07. The van der Waals surface area contributed by atoms with E-state index in [1.54, 1.807) is 0 Å². The normalized spacial score (nSPS) is 11.3. The molecule has 1 heterocycles. The van der Waals surface area contributed by atoms with Gasteiger partial charge in [-0.15, -0.1) is 0 Å². The molecule has 0 saturated heterocycles. The highest BCUT2D eigenvalue weighted by molar-refractivity contribution is 5.81. The van der Waals surface area contributed by atoms with Gasteiger partial charge in [0.2, 0.25) is 0 Å². The largest absolute Gasteiger partial charge is 0.352 e. The lowest BCUT2D eigenvalue weighted by molar-refractivity contribution is -0.133. The van der Waals surface area contributed by atoms with Crippen molar-refractivity contribution in [1.82, 2.24) is 10.3 Å². The summed E-state index contributed by atoms with van der Waals surface area (Å²) in [6.45, 7) is 6.72. The topological polar surface area (TPSA) is 43.4 Å². The molecule has 0 unspecified atom stereocenters. The van der Waals surface area contributed by atoms with Gasteiger partial charge in [0, 0.05) is 37.9 Å². The quantitative estimate of drug-likeness (QED) is 0.752. The van der Waals surface area contributed by atoms with Crippen LogP contribution in [0.3, 0.4) is 0 Å². The molecular formula is C16H22N2O2. The first kappa shape index (κ1) is 14.9. The Morgan fingerprint density at radius 1 is 1.10 bits per heavy atom. The third-order valence-electron chi connectivity index (χ3n) is 3.07. The molecule has 0 aliphatic carbocycles. The van der Waals surface area contributed by atoms with E-state index in [1.165, 1.54) is 10.9 Å². The number of hydrogen-bond acceptors (Lipinski definition) is 4. The second-order valence-corrected chi connectivity index (χ2v) is 4.46. The third kappa shape index (κ3) is 4.00. The molecule has 2 rings (SSSR count). The lowest BCUT2D eigenvalue weighted by atomic mass is 10.1. The van der Waals surface area contributed by atoms with E-state index in [1.807, 2.05) is 38.2 Å². The molecule has 0 saturated carbocycles. The van der Waals surface area contributed by atoms with Crippen molar-refractivity contribution in [3.8, 4) is 0 Å². The standard InChI is InChI=1S/C16H22N2O2/c1-3-19-16(20-4-2)12-17-11-13-7-5-9-15-14(13)8-6-10-18-15/h5-10,16-17H,3-4,11-12H2,1-2H3. The molecule has 0 bridgehead atoms. The second kappa shape index (κ2) is 7.94. The maximum Gasteiger partial charge on any atom is 0.169 e. The minimum atomic E-state index is -0.182. The number of fused-ring (bicyclic) bond motifs is 1. The molecule has 0 fully saturated rings. The van der Waals surface area contributed by atoms with Gasteiger partial charge in [0.1, 0.15) is 0 Å². The van der Waals surface area contributed by atoms with Crippen molar-refractivity contribution in [2.75, 3.05) is 19.8 Å². The summed E-state index contributed by atoms with van der Waals surface area (Å²) in [4.78, 5) is 4.37. The van der Waals surface area contributed by atoms with Crippen molar-refractivity contribution in [3.05, 3.63) is 42.1 Å². The maximum atomic E-state index is 5.51. The number of pyridine rings is 1. The Bertz CT molecular complexity index is 519. The summed E-state index contributed by atoms with van der Waals surface area (Å²) in [7, 11) is 0.